The Morgan fingerprint density at radius 1 is 1.26 bits per heavy atom. The zero-order chi connectivity index (χ0) is 21.0. The van der Waals surface area contributed by atoms with E-state index >= 15 is 0 Å². The summed E-state index contributed by atoms with van der Waals surface area (Å²) < 4.78 is 11.6. The van der Waals surface area contributed by atoms with E-state index in [0.29, 0.717) is 19.6 Å². The van der Waals surface area contributed by atoms with Crippen LogP contribution in [-0.4, -0.2) is 46.5 Å². The lowest BCUT2D eigenvalue weighted by Gasteiger charge is -2.23. The summed E-state index contributed by atoms with van der Waals surface area (Å²) in [6, 6.07) is 11.8. The van der Waals surface area contributed by atoms with Crippen molar-refractivity contribution in [1.82, 2.24) is 15.2 Å². The maximum Gasteiger partial charge on any atom is 0.230 e. The van der Waals surface area contributed by atoms with Gasteiger partial charge in [-0.1, -0.05) is 30.4 Å². The van der Waals surface area contributed by atoms with Gasteiger partial charge in [-0.2, -0.15) is 0 Å². The minimum atomic E-state index is -0.701. The predicted molar refractivity (Wildman–Crippen MR) is 113 cm³/mol. The summed E-state index contributed by atoms with van der Waals surface area (Å²) in [5.74, 6) is -0.412. The average molecular weight is 417 g/mol. The predicted octanol–water partition coefficient (Wildman–Crippen LogP) is 2.40. The summed E-state index contributed by atoms with van der Waals surface area (Å²) in [6.45, 7) is 1.35. The molecule has 1 aromatic carbocycles. The van der Waals surface area contributed by atoms with Gasteiger partial charge in [-0.3, -0.25) is 9.59 Å². The normalized spacial score (nSPS) is 28.6. The molecule has 7 nitrogen and oxygen atoms in total. The van der Waals surface area contributed by atoms with E-state index in [2.05, 4.69) is 16.4 Å². The molecule has 31 heavy (non-hydrogen) atoms. The van der Waals surface area contributed by atoms with Crippen LogP contribution in [0.15, 0.2) is 65.4 Å². The number of carbonyl (C=O) groups is 2. The average Bonchev–Trinajstić information content (AvgIpc) is 3.58. The summed E-state index contributed by atoms with van der Waals surface area (Å²) in [6.07, 6.45) is 7.87. The van der Waals surface area contributed by atoms with Crippen LogP contribution in [0.1, 0.15) is 11.3 Å². The van der Waals surface area contributed by atoms with Crippen molar-refractivity contribution in [3.63, 3.8) is 0 Å². The van der Waals surface area contributed by atoms with E-state index in [0.717, 1.165) is 23.3 Å². The number of fused-ring (bicyclic) bond motifs is 2. The fraction of sp³-hybridized carbons (Fsp3) is 0.333. The monoisotopic (exact) mass is 417 g/mol. The van der Waals surface area contributed by atoms with Gasteiger partial charge in [0.2, 0.25) is 11.8 Å². The molecule has 0 aliphatic carbocycles. The molecule has 2 fully saturated rings. The maximum atomic E-state index is 13.2. The summed E-state index contributed by atoms with van der Waals surface area (Å²) in [4.78, 5) is 31.3. The maximum absolute atomic E-state index is 13.2. The Bertz CT molecular complexity index is 1180. The third-order valence-electron chi connectivity index (χ3n) is 6.78. The van der Waals surface area contributed by atoms with Crippen molar-refractivity contribution in [2.24, 2.45) is 11.8 Å². The molecule has 3 aromatic rings. The van der Waals surface area contributed by atoms with Gasteiger partial charge in [0.25, 0.3) is 0 Å². The first-order valence-electron chi connectivity index (χ1n) is 10.7. The van der Waals surface area contributed by atoms with Crippen LogP contribution in [0.2, 0.25) is 0 Å². The highest BCUT2D eigenvalue weighted by Gasteiger charge is 2.66. The molecule has 158 valence electrons. The van der Waals surface area contributed by atoms with Gasteiger partial charge < -0.3 is 24.4 Å². The molecule has 0 radical (unpaired) electrons. The molecule has 2 bridgehead atoms. The van der Waals surface area contributed by atoms with E-state index in [1.54, 1.807) is 17.2 Å². The number of likely N-dealkylation sites (tertiary alicyclic amines) is 1. The Balaban J connectivity index is 1.15. The Labute approximate surface area is 179 Å². The molecule has 1 spiro atoms. The van der Waals surface area contributed by atoms with Crippen molar-refractivity contribution in [1.29, 1.82) is 0 Å². The number of aromatic nitrogens is 1. The second-order valence-corrected chi connectivity index (χ2v) is 8.57. The van der Waals surface area contributed by atoms with Crippen LogP contribution in [0.25, 0.3) is 10.9 Å². The number of para-hydroxylation sites is 1. The summed E-state index contributed by atoms with van der Waals surface area (Å²) in [5.41, 5.74) is 1.55. The van der Waals surface area contributed by atoms with Crippen molar-refractivity contribution in [2.45, 2.75) is 24.7 Å². The quantitative estimate of drug-likeness (QED) is 0.603. The highest BCUT2D eigenvalue weighted by Crippen LogP contribution is 2.52. The molecule has 7 heteroatoms. The molecule has 4 atom stereocenters. The first-order valence-corrected chi connectivity index (χ1v) is 10.7. The lowest BCUT2D eigenvalue weighted by molar-refractivity contribution is -0.138. The summed E-state index contributed by atoms with van der Waals surface area (Å²) in [7, 11) is 0. The highest BCUT2D eigenvalue weighted by molar-refractivity contribution is 5.93. The molecule has 6 rings (SSSR count). The third kappa shape index (κ3) is 2.84. The van der Waals surface area contributed by atoms with E-state index in [1.807, 2.05) is 42.6 Å². The highest BCUT2D eigenvalue weighted by atomic mass is 16.5. The molecule has 0 saturated carbocycles. The van der Waals surface area contributed by atoms with Crippen molar-refractivity contribution >= 4 is 22.7 Å². The second-order valence-electron chi connectivity index (χ2n) is 8.57. The van der Waals surface area contributed by atoms with Gasteiger partial charge in [-0.25, -0.2) is 0 Å². The van der Waals surface area contributed by atoms with Crippen LogP contribution in [0, 0.1) is 11.8 Å². The summed E-state index contributed by atoms with van der Waals surface area (Å²) >= 11 is 0. The smallest absolute Gasteiger partial charge is 0.230 e. The molecule has 3 aliphatic rings. The molecule has 2 amide bonds. The number of nitrogens with zero attached hydrogens (tertiary/aromatic N) is 1. The molecule has 2 aromatic heterocycles. The Kier molecular flexibility index (Phi) is 4.08. The van der Waals surface area contributed by atoms with E-state index in [-0.39, 0.29) is 17.9 Å². The third-order valence-corrected chi connectivity index (χ3v) is 6.78. The van der Waals surface area contributed by atoms with Crippen LogP contribution in [0.5, 0.6) is 0 Å². The Morgan fingerprint density at radius 2 is 2.16 bits per heavy atom. The van der Waals surface area contributed by atoms with Gasteiger partial charge in [0.1, 0.15) is 11.4 Å². The van der Waals surface area contributed by atoms with Crippen LogP contribution in [0.3, 0.4) is 0 Å². The second kappa shape index (κ2) is 6.85. The van der Waals surface area contributed by atoms with E-state index in [9.17, 15) is 9.59 Å². The van der Waals surface area contributed by atoms with E-state index in [1.165, 1.54) is 5.39 Å². The fourth-order valence-corrected chi connectivity index (χ4v) is 5.38. The standard InChI is InChI=1S/C24H23N3O4/c28-22(25-10-8-15-12-26-18-6-2-1-5-17(15)18)20-19-7-9-24(31-19)14-27(23(29)21(20)24)13-16-4-3-11-30-16/h1-7,9,11-12,19-21,26H,8,10,13-14H2,(H,25,28)/t19-,20+,21+,24+/m0/s1. The van der Waals surface area contributed by atoms with Crippen LogP contribution < -0.4 is 5.32 Å². The fourth-order valence-electron chi connectivity index (χ4n) is 5.38. The molecular weight excluding hydrogens is 394 g/mol. The minimum absolute atomic E-state index is 0.0416. The summed E-state index contributed by atoms with van der Waals surface area (Å²) in [5, 5.41) is 4.21. The van der Waals surface area contributed by atoms with Crippen molar-refractivity contribution < 1.29 is 18.7 Å². The van der Waals surface area contributed by atoms with Gasteiger partial charge >= 0.3 is 0 Å². The topological polar surface area (TPSA) is 87.6 Å². The largest absolute Gasteiger partial charge is 0.467 e. The van der Waals surface area contributed by atoms with Crippen molar-refractivity contribution in [3.8, 4) is 0 Å². The number of furan rings is 1. The zero-order valence-corrected chi connectivity index (χ0v) is 16.9. The van der Waals surface area contributed by atoms with Gasteiger partial charge in [0.15, 0.2) is 0 Å². The Morgan fingerprint density at radius 3 is 3.03 bits per heavy atom. The number of hydrogen-bond acceptors (Lipinski definition) is 4. The number of aromatic amines is 1. The molecule has 0 unspecified atom stereocenters. The lowest BCUT2D eigenvalue weighted by atomic mass is 9.77. The number of ether oxygens (including phenoxy) is 1. The number of hydrogen-bond donors (Lipinski definition) is 2. The number of nitrogens with one attached hydrogen (secondary N) is 2. The van der Waals surface area contributed by atoms with Gasteiger partial charge in [-0.05, 0) is 30.2 Å². The minimum Gasteiger partial charge on any atom is -0.467 e. The number of H-pyrrole nitrogens is 1. The zero-order valence-electron chi connectivity index (χ0n) is 16.9. The van der Waals surface area contributed by atoms with E-state index in [4.69, 9.17) is 9.15 Å². The molecule has 2 N–H and O–H groups in total. The first kappa shape index (κ1) is 18.4. The van der Waals surface area contributed by atoms with Crippen LogP contribution in [-0.2, 0) is 27.3 Å². The van der Waals surface area contributed by atoms with Gasteiger partial charge in [-0.15, -0.1) is 0 Å². The van der Waals surface area contributed by atoms with Crippen LogP contribution in [0.4, 0.5) is 0 Å². The van der Waals surface area contributed by atoms with Crippen molar-refractivity contribution in [3.05, 3.63) is 72.3 Å². The van der Waals surface area contributed by atoms with Crippen LogP contribution >= 0.6 is 0 Å². The molecule has 5 heterocycles. The molecular formula is C24H23N3O4. The number of amides is 2. The first-order chi connectivity index (χ1) is 15.1. The molecule has 2 saturated heterocycles. The Hall–Kier alpha value is -3.32. The SMILES string of the molecule is O=C(NCCc1c[nH]c2ccccc12)[C@@H]1[C@@H]2C=C[C@]3(CN(Cc4ccco4)C(=O)[C@@H]13)O2. The van der Waals surface area contributed by atoms with E-state index < -0.39 is 17.4 Å². The lowest BCUT2D eigenvalue weighted by Crippen LogP contribution is -2.44. The number of benzene rings is 1. The number of carbonyl (C=O) groups excluding carboxylic acids is 2. The van der Waals surface area contributed by atoms with Crippen molar-refractivity contribution in [2.75, 3.05) is 13.1 Å². The van der Waals surface area contributed by atoms with Gasteiger partial charge in [0.05, 0.1) is 37.3 Å². The van der Waals surface area contributed by atoms with Gasteiger partial charge in [0, 0.05) is 23.6 Å². The molecule has 3 aliphatic heterocycles. The number of rotatable bonds is 6.